The third-order valence-corrected chi connectivity index (χ3v) is 7.01. The number of hydrogen-bond acceptors (Lipinski definition) is 4. The first-order chi connectivity index (χ1) is 12.6. The van der Waals surface area contributed by atoms with Gasteiger partial charge in [-0.15, -0.1) is 0 Å². The lowest BCUT2D eigenvalue weighted by Gasteiger charge is -2.27. The summed E-state index contributed by atoms with van der Waals surface area (Å²) in [7, 11) is 5.57. The van der Waals surface area contributed by atoms with Gasteiger partial charge in [0.25, 0.3) is 5.91 Å². The monoisotopic (exact) mass is 360 g/mol. The predicted molar refractivity (Wildman–Crippen MR) is 101 cm³/mol. The summed E-state index contributed by atoms with van der Waals surface area (Å²) in [5.41, 5.74) is 0.676. The molecule has 1 heterocycles. The van der Waals surface area contributed by atoms with Crippen LogP contribution >= 0.6 is 0 Å². The fraction of sp³-hybridized carbons (Fsp3) is 0.800. The molecule has 3 bridgehead atoms. The van der Waals surface area contributed by atoms with Crippen molar-refractivity contribution >= 4 is 11.7 Å². The molecule has 3 aliphatic carbocycles. The van der Waals surface area contributed by atoms with Gasteiger partial charge in [-0.2, -0.15) is 5.10 Å². The highest BCUT2D eigenvalue weighted by Crippen LogP contribution is 2.53. The van der Waals surface area contributed by atoms with Crippen LogP contribution in [0, 0.1) is 23.7 Å². The number of aryl methyl sites for hydroxylation is 1. The Morgan fingerprint density at radius 1 is 1.31 bits per heavy atom. The zero-order valence-corrected chi connectivity index (χ0v) is 16.3. The van der Waals surface area contributed by atoms with Gasteiger partial charge in [0.15, 0.2) is 0 Å². The van der Waals surface area contributed by atoms with Gasteiger partial charge in [0.05, 0.1) is 12.8 Å². The van der Waals surface area contributed by atoms with Gasteiger partial charge >= 0.3 is 0 Å². The minimum atomic E-state index is 0.0311. The summed E-state index contributed by atoms with van der Waals surface area (Å²) in [6, 6.07) is 0.333. The largest absolute Gasteiger partial charge is 0.383 e. The van der Waals surface area contributed by atoms with E-state index >= 15 is 0 Å². The molecule has 5 unspecified atom stereocenters. The molecule has 6 nitrogen and oxygen atoms in total. The van der Waals surface area contributed by atoms with Crippen LogP contribution in [0.3, 0.4) is 0 Å². The van der Waals surface area contributed by atoms with Crippen LogP contribution in [0.2, 0.25) is 0 Å². The molecule has 26 heavy (non-hydrogen) atoms. The van der Waals surface area contributed by atoms with E-state index in [-0.39, 0.29) is 5.91 Å². The number of fused-ring (bicyclic) bond motifs is 2. The molecule has 3 fully saturated rings. The third-order valence-electron chi connectivity index (χ3n) is 7.01. The minimum Gasteiger partial charge on any atom is -0.383 e. The number of aromatic nitrogens is 2. The molecule has 6 heteroatoms. The summed E-state index contributed by atoms with van der Waals surface area (Å²) in [6.07, 6.45) is 9.66. The maximum Gasteiger partial charge on any atom is 0.256 e. The van der Waals surface area contributed by atoms with Gasteiger partial charge in [-0.05, 0) is 62.2 Å². The van der Waals surface area contributed by atoms with E-state index in [9.17, 15) is 4.79 Å². The number of hydrogen-bond donors (Lipinski definition) is 1. The number of carbonyl (C=O) groups excluding carboxylic acids is 1. The van der Waals surface area contributed by atoms with Crippen LogP contribution in [0.5, 0.6) is 0 Å². The van der Waals surface area contributed by atoms with E-state index in [4.69, 9.17) is 4.74 Å². The molecule has 0 aromatic carbocycles. The number of amides is 1. The second kappa shape index (κ2) is 7.22. The molecule has 1 amide bonds. The van der Waals surface area contributed by atoms with Crippen molar-refractivity contribution in [2.24, 2.45) is 30.7 Å². The van der Waals surface area contributed by atoms with Crippen molar-refractivity contribution in [2.45, 2.75) is 44.6 Å². The van der Waals surface area contributed by atoms with E-state index in [0.717, 1.165) is 36.5 Å². The van der Waals surface area contributed by atoms with Gasteiger partial charge < -0.3 is 15.0 Å². The highest BCUT2D eigenvalue weighted by atomic mass is 16.5. The van der Waals surface area contributed by atoms with Crippen molar-refractivity contribution in [3.8, 4) is 0 Å². The first kappa shape index (κ1) is 17.8. The molecule has 0 aliphatic heterocycles. The zero-order valence-electron chi connectivity index (χ0n) is 16.3. The summed E-state index contributed by atoms with van der Waals surface area (Å²) in [6.45, 7) is 1.35. The Hall–Kier alpha value is -1.56. The van der Waals surface area contributed by atoms with Gasteiger partial charge in [0, 0.05) is 33.8 Å². The zero-order chi connectivity index (χ0) is 18.3. The Morgan fingerprint density at radius 2 is 2.12 bits per heavy atom. The minimum absolute atomic E-state index is 0.0311. The molecule has 3 saturated carbocycles. The number of carbonyl (C=O) groups is 1. The van der Waals surface area contributed by atoms with Crippen molar-refractivity contribution in [1.29, 1.82) is 0 Å². The lowest BCUT2D eigenvalue weighted by Crippen LogP contribution is -2.41. The van der Waals surface area contributed by atoms with Gasteiger partial charge in [-0.3, -0.25) is 9.48 Å². The molecule has 0 spiro atoms. The normalized spacial score (nSPS) is 32.5. The van der Waals surface area contributed by atoms with Gasteiger partial charge in [0.2, 0.25) is 0 Å². The number of ether oxygens (including phenoxy) is 1. The number of rotatable bonds is 6. The topological polar surface area (TPSA) is 59.4 Å². The van der Waals surface area contributed by atoms with Crippen LogP contribution < -0.4 is 10.2 Å². The van der Waals surface area contributed by atoms with Crippen LogP contribution in [0.25, 0.3) is 0 Å². The highest BCUT2D eigenvalue weighted by Gasteiger charge is 2.46. The molecular formula is C20H32N4O2. The average Bonchev–Trinajstić information content (AvgIpc) is 3.12. The summed E-state index contributed by atoms with van der Waals surface area (Å²) in [5, 5.41) is 7.74. The van der Waals surface area contributed by atoms with Crippen LogP contribution in [0.15, 0.2) is 6.20 Å². The Kier molecular flexibility index (Phi) is 4.95. The molecule has 0 saturated heterocycles. The smallest absolute Gasteiger partial charge is 0.256 e. The lowest BCUT2D eigenvalue weighted by molar-refractivity contribution is 0.0913. The van der Waals surface area contributed by atoms with Crippen LogP contribution in [0.4, 0.5) is 5.82 Å². The third kappa shape index (κ3) is 3.24. The number of methoxy groups -OCH3 is 1. The summed E-state index contributed by atoms with van der Waals surface area (Å²) in [4.78, 5) is 15.1. The Bertz CT molecular complexity index is 658. The van der Waals surface area contributed by atoms with E-state index in [1.54, 1.807) is 18.0 Å². The molecule has 0 radical (unpaired) electrons. The molecular weight excluding hydrogens is 328 g/mol. The van der Waals surface area contributed by atoms with E-state index in [2.05, 4.69) is 10.4 Å². The van der Waals surface area contributed by atoms with E-state index < -0.39 is 0 Å². The highest BCUT2D eigenvalue weighted by molar-refractivity contribution is 5.99. The summed E-state index contributed by atoms with van der Waals surface area (Å²) < 4.78 is 6.96. The van der Waals surface area contributed by atoms with Crippen LogP contribution in [-0.2, 0) is 11.8 Å². The lowest BCUT2D eigenvalue weighted by atomic mass is 9.80. The van der Waals surface area contributed by atoms with E-state index in [0.29, 0.717) is 24.1 Å². The maximum atomic E-state index is 13.1. The number of nitrogens with zero attached hydrogens (tertiary/aromatic N) is 3. The Morgan fingerprint density at radius 3 is 2.92 bits per heavy atom. The average molecular weight is 361 g/mol. The van der Waals surface area contributed by atoms with Crippen molar-refractivity contribution in [3.05, 3.63) is 11.8 Å². The fourth-order valence-electron chi connectivity index (χ4n) is 5.90. The summed E-state index contributed by atoms with van der Waals surface area (Å²) in [5.74, 6) is 4.23. The van der Waals surface area contributed by atoms with Crippen LogP contribution in [0.1, 0.15) is 48.9 Å². The van der Waals surface area contributed by atoms with Crippen molar-refractivity contribution in [1.82, 2.24) is 15.1 Å². The predicted octanol–water partition coefficient (Wildman–Crippen LogP) is 2.45. The first-order valence-corrected chi connectivity index (χ1v) is 10.1. The second-order valence-electron chi connectivity index (χ2n) is 8.68. The van der Waals surface area contributed by atoms with Crippen molar-refractivity contribution in [3.63, 3.8) is 0 Å². The Balaban J connectivity index is 1.48. The molecule has 5 atom stereocenters. The number of nitrogens with one attached hydrogen (secondary N) is 1. The molecule has 4 rings (SSSR count). The molecule has 1 aromatic heterocycles. The van der Waals surface area contributed by atoms with E-state index in [1.807, 2.05) is 19.0 Å². The van der Waals surface area contributed by atoms with Gasteiger partial charge in [0.1, 0.15) is 11.4 Å². The first-order valence-electron chi connectivity index (χ1n) is 10.1. The van der Waals surface area contributed by atoms with Gasteiger partial charge in [-0.1, -0.05) is 0 Å². The quantitative estimate of drug-likeness (QED) is 0.847. The SMILES string of the molecule is COCCN(C)c1c(C(=O)NC2CCC3CC4CC(C3)C2C4)cnn1C. The maximum absolute atomic E-state index is 13.1. The fourth-order valence-corrected chi connectivity index (χ4v) is 5.90. The van der Waals surface area contributed by atoms with E-state index in [1.165, 1.54) is 32.1 Å². The van der Waals surface area contributed by atoms with Crippen LogP contribution in [-0.4, -0.2) is 49.0 Å². The molecule has 3 aliphatic rings. The summed E-state index contributed by atoms with van der Waals surface area (Å²) >= 11 is 0. The standard InChI is InChI=1S/C20H32N4O2/c1-23(6-7-26-3)20-17(12-21-24(20)2)19(25)22-18-5-4-13-8-14-10-15(9-13)16(18)11-14/h12-16,18H,4-11H2,1-3H3,(H,22,25). The molecule has 1 N–H and O–H groups in total. The second-order valence-corrected chi connectivity index (χ2v) is 8.68. The molecule has 144 valence electrons. The Labute approximate surface area is 156 Å². The van der Waals surface area contributed by atoms with Crippen molar-refractivity contribution in [2.75, 3.05) is 32.2 Å². The number of likely N-dealkylation sites (N-methyl/N-ethyl adjacent to an activating group) is 1. The number of anilines is 1. The van der Waals surface area contributed by atoms with Gasteiger partial charge in [-0.25, -0.2) is 0 Å². The van der Waals surface area contributed by atoms with Crippen molar-refractivity contribution < 1.29 is 9.53 Å². The molecule has 1 aromatic rings.